The number of methoxy groups -OCH3 is 2. The van der Waals surface area contributed by atoms with E-state index in [4.69, 9.17) is 9.47 Å². The molecule has 1 aliphatic carbocycles. The van der Waals surface area contributed by atoms with Crippen LogP contribution in [-0.2, 0) is 16.0 Å². The lowest BCUT2D eigenvalue weighted by Crippen LogP contribution is -2.51. The van der Waals surface area contributed by atoms with Gasteiger partial charge in [0.2, 0.25) is 11.8 Å². The highest BCUT2D eigenvalue weighted by atomic mass is 16.5. The van der Waals surface area contributed by atoms with Gasteiger partial charge in [-0.05, 0) is 35.6 Å². The van der Waals surface area contributed by atoms with Gasteiger partial charge in [0.05, 0.1) is 20.6 Å². The highest BCUT2D eigenvalue weighted by molar-refractivity contribution is 5.84. The highest BCUT2D eigenvalue weighted by Gasteiger charge is 2.46. The average molecular weight is 408 g/mol. The Morgan fingerprint density at radius 1 is 0.900 bits per heavy atom. The fourth-order valence-electron chi connectivity index (χ4n) is 4.22. The summed E-state index contributed by atoms with van der Waals surface area (Å²) < 4.78 is 10.6. The van der Waals surface area contributed by atoms with Gasteiger partial charge in [0.25, 0.3) is 0 Å². The van der Waals surface area contributed by atoms with Crippen molar-refractivity contribution in [3.05, 3.63) is 59.7 Å². The molecule has 158 valence electrons. The maximum atomic E-state index is 12.8. The minimum Gasteiger partial charge on any atom is -0.493 e. The molecule has 1 aliphatic heterocycles. The molecular formula is C24H28N2O4. The molecule has 2 aliphatic rings. The Labute approximate surface area is 177 Å². The van der Waals surface area contributed by atoms with Crippen LogP contribution in [0.4, 0.5) is 0 Å². The molecule has 1 saturated heterocycles. The van der Waals surface area contributed by atoms with Crippen molar-refractivity contribution < 1.29 is 19.1 Å². The topological polar surface area (TPSA) is 59.1 Å². The van der Waals surface area contributed by atoms with E-state index in [1.807, 2.05) is 46.2 Å². The molecular weight excluding hydrogens is 380 g/mol. The normalized spacial score (nSPS) is 20.6. The fourth-order valence-corrected chi connectivity index (χ4v) is 4.22. The number of benzene rings is 2. The van der Waals surface area contributed by atoms with Gasteiger partial charge >= 0.3 is 0 Å². The molecule has 2 aromatic carbocycles. The van der Waals surface area contributed by atoms with Gasteiger partial charge in [-0.2, -0.15) is 0 Å². The molecule has 6 heteroatoms. The number of rotatable bonds is 6. The molecule has 30 heavy (non-hydrogen) atoms. The van der Waals surface area contributed by atoms with Crippen molar-refractivity contribution in [3.63, 3.8) is 0 Å². The van der Waals surface area contributed by atoms with E-state index in [1.54, 1.807) is 14.2 Å². The smallest absolute Gasteiger partial charge is 0.227 e. The van der Waals surface area contributed by atoms with E-state index >= 15 is 0 Å². The predicted molar refractivity (Wildman–Crippen MR) is 114 cm³/mol. The first-order valence-electron chi connectivity index (χ1n) is 10.4. The minimum atomic E-state index is 0.0721. The summed E-state index contributed by atoms with van der Waals surface area (Å²) in [4.78, 5) is 29.3. The first kappa shape index (κ1) is 20.3. The summed E-state index contributed by atoms with van der Waals surface area (Å²) in [6, 6.07) is 15.8. The zero-order valence-corrected chi connectivity index (χ0v) is 17.5. The molecule has 0 aromatic heterocycles. The minimum absolute atomic E-state index is 0.0721. The molecule has 0 N–H and O–H groups in total. The molecule has 6 nitrogen and oxygen atoms in total. The predicted octanol–water partition coefficient (Wildman–Crippen LogP) is 2.72. The van der Waals surface area contributed by atoms with E-state index in [0.717, 1.165) is 12.0 Å². The Kier molecular flexibility index (Phi) is 5.93. The summed E-state index contributed by atoms with van der Waals surface area (Å²) in [5, 5.41) is 0. The molecule has 2 unspecified atom stereocenters. The van der Waals surface area contributed by atoms with E-state index in [-0.39, 0.29) is 17.7 Å². The Bertz CT molecular complexity index is 907. The van der Waals surface area contributed by atoms with Gasteiger partial charge in [-0.1, -0.05) is 36.4 Å². The van der Waals surface area contributed by atoms with E-state index < -0.39 is 0 Å². The summed E-state index contributed by atoms with van der Waals surface area (Å²) in [6.45, 7) is 2.38. The summed E-state index contributed by atoms with van der Waals surface area (Å²) >= 11 is 0. The van der Waals surface area contributed by atoms with Crippen LogP contribution in [0.1, 0.15) is 23.5 Å². The van der Waals surface area contributed by atoms with Crippen LogP contribution < -0.4 is 9.47 Å². The first-order valence-corrected chi connectivity index (χ1v) is 10.4. The zero-order valence-electron chi connectivity index (χ0n) is 17.5. The molecule has 0 spiro atoms. The SMILES string of the molecule is COc1ccc(CC(=O)N2CCN(C(=O)C3CC3c3ccccc3)CC2)cc1OC. The number of hydrogen-bond acceptors (Lipinski definition) is 4. The number of ether oxygens (including phenoxy) is 2. The largest absolute Gasteiger partial charge is 0.493 e. The summed E-state index contributed by atoms with van der Waals surface area (Å²) in [7, 11) is 3.18. The number of hydrogen-bond donors (Lipinski definition) is 0. The number of carbonyl (C=O) groups is 2. The van der Waals surface area contributed by atoms with Gasteiger partial charge in [-0.15, -0.1) is 0 Å². The van der Waals surface area contributed by atoms with Crippen LogP contribution in [-0.4, -0.2) is 62.0 Å². The van der Waals surface area contributed by atoms with Crippen LogP contribution in [0.15, 0.2) is 48.5 Å². The quantitative estimate of drug-likeness (QED) is 0.738. The third-order valence-electron chi connectivity index (χ3n) is 6.08. The summed E-state index contributed by atoms with van der Waals surface area (Å²) in [6.07, 6.45) is 1.24. The van der Waals surface area contributed by atoms with Crippen molar-refractivity contribution in [2.45, 2.75) is 18.8 Å². The Morgan fingerprint density at radius 2 is 1.57 bits per heavy atom. The van der Waals surface area contributed by atoms with Gasteiger partial charge in [0, 0.05) is 32.1 Å². The lowest BCUT2D eigenvalue weighted by atomic mass is 10.1. The van der Waals surface area contributed by atoms with Gasteiger partial charge in [0.15, 0.2) is 11.5 Å². The summed E-state index contributed by atoms with van der Waals surface area (Å²) in [5.74, 6) is 2.02. The molecule has 0 bridgehead atoms. The standard InChI is InChI=1S/C24H28N2O4/c1-29-21-9-8-17(14-22(21)30-2)15-23(27)25-10-12-26(13-11-25)24(28)20-16-19(20)18-6-4-3-5-7-18/h3-9,14,19-20H,10-13,15-16H2,1-2H3. The second-order valence-electron chi connectivity index (χ2n) is 7.93. The molecule has 2 atom stereocenters. The first-order chi connectivity index (χ1) is 14.6. The molecule has 2 amide bonds. The molecule has 2 fully saturated rings. The Hall–Kier alpha value is -3.02. The third kappa shape index (κ3) is 4.27. The van der Waals surface area contributed by atoms with Gasteiger partial charge in [0.1, 0.15) is 0 Å². The maximum absolute atomic E-state index is 12.8. The number of nitrogens with zero attached hydrogens (tertiary/aromatic N) is 2. The van der Waals surface area contributed by atoms with Crippen LogP contribution in [0.25, 0.3) is 0 Å². The van der Waals surface area contributed by atoms with Crippen molar-refractivity contribution >= 4 is 11.8 Å². The van der Waals surface area contributed by atoms with Gasteiger partial charge < -0.3 is 19.3 Å². The number of amides is 2. The second-order valence-corrected chi connectivity index (χ2v) is 7.93. The van der Waals surface area contributed by atoms with Crippen LogP contribution in [0.3, 0.4) is 0 Å². The monoisotopic (exact) mass is 408 g/mol. The van der Waals surface area contributed by atoms with Crippen LogP contribution >= 0.6 is 0 Å². The number of carbonyl (C=O) groups excluding carboxylic acids is 2. The van der Waals surface area contributed by atoms with E-state index in [1.165, 1.54) is 5.56 Å². The molecule has 0 radical (unpaired) electrons. The molecule has 2 aromatic rings. The van der Waals surface area contributed by atoms with Crippen LogP contribution in [0.5, 0.6) is 11.5 Å². The fraction of sp³-hybridized carbons (Fsp3) is 0.417. The Balaban J connectivity index is 1.28. The van der Waals surface area contributed by atoms with Crippen molar-refractivity contribution in [1.82, 2.24) is 9.80 Å². The average Bonchev–Trinajstić information content (AvgIpc) is 3.60. The van der Waals surface area contributed by atoms with Crippen molar-refractivity contribution in [2.75, 3.05) is 40.4 Å². The van der Waals surface area contributed by atoms with Crippen molar-refractivity contribution in [3.8, 4) is 11.5 Å². The Morgan fingerprint density at radius 3 is 2.23 bits per heavy atom. The summed E-state index contributed by atoms with van der Waals surface area (Å²) in [5.41, 5.74) is 2.14. The van der Waals surface area contributed by atoms with Crippen molar-refractivity contribution in [2.24, 2.45) is 5.92 Å². The van der Waals surface area contributed by atoms with E-state index in [9.17, 15) is 9.59 Å². The molecule has 1 heterocycles. The third-order valence-corrected chi connectivity index (χ3v) is 6.08. The second kappa shape index (κ2) is 8.78. The zero-order chi connectivity index (χ0) is 21.1. The van der Waals surface area contributed by atoms with Crippen molar-refractivity contribution in [1.29, 1.82) is 0 Å². The van der Waals surface area contributed by atoms with E-state index in [0.29, 0.717) is 50.0 Å². The van der Waals surface area contributed by atoms with Crippen LogP contribution in [0.2, 0.25) is 0 Å². The highest BCUT2D eigenvalue weighted by Crippen LogP contribution is 2.48. The lowest BCUT2D eigenvalue weighted by molar-refractivity contribution is -0.140. The van der Waals surface area contributed by atoms with Gasteiger partial charge in [-0.3, -0.25) is 9.59 Å². The van der Waals surface area contributed by atoms with Gasteiger partial charge in [-0.25, -0.2) is 0 Å². The van der Waals surface area contributed by atoms with E-state index in [2.05, 4.69) is 12.1 Å². The number of piperazine rings is 1. The molecule has 4 rings (SSSR count). The lowest BCUT2D eigenvalue weighted by Gasteiger charge is -2.35. The maximum Gasteiger partial charge on any atom is 0.227 e. The van der Waals surface area contributed by atoms with Crippen LogP contribution in [0, 0.1) is 5.92 Å². The molecule has 1 saturated carbocycles.